The summed E-state index contributed by atoms with van der Waals surface area (Å²) in [7, 11) is 1.60. The number of nitrogens with zero attached hydrogens (tertiary/aromatic N) is 2. The summed E-state index contributed by atoms with van der Waals surface area (Å²) in [6.07, 6.45) is -5.14. The Morgan fingerprint density at radius 3 is 2.21 bits per heavy atom. The van der Waals surface area contributed by atoms with E-state index < -0.39 is 34.9 Å². The lowest BCUT2D eigenvalue weighted by Gasteiger charge is -2.27. The molecule has 0 aliphatic carbocycles. The number of benzene rings is 1. The van der Waals surface area contributed by atoms with E-state index in [1.54, 1.807) is 27.8 Å². The molecule has 1 aromatic rings. The Kier molecular flexibility index (Phi) is 7.86. The van der Waals surface area contributed by atoms with Crippen LogP contribution >= 0.6 is 0 Å². The summed E-state index contributed by atoms with van der Waals surface area (Å²) in [4.78, 5) is 26.6. The van der Waals surface area contributed by atoms with Crippen molar-refractivity contribution < 1.29 is 27.5 Å². The van der Waals surface area contributed by atoms with Crippen molar-refractivity contribution in [3.63, 3.8) is 0 Å². The summed E-state index contributed by atoms with van der Waals surface area (Å²) in [6, 6.07) is 3.50. The summed E-state index contributed by atoms with van der Waals surface area (Å²) in [5.74, 6) is -1.12. The minimum atomic E-state index is -4.67. The molecule has 0 saturated carbocycles. The van der Waals surface area contributed by atoms with E-state index in [0.29, 0.717) is 25.2 Å². The van der Waals surface area contributed by atoms with E-state index in [0.717, 1.165) is 12.1 Å². The van der Waals surface area contributed by atoms with Gasteiger partial charge in [-0.1, -0.05) is 13.0 Å². The van der Waals surface area contributed by atoms with Crippen molar-refractivity contribution in [2.24, 2.45) is 5.73 Å². The van der Waals surface area contributed by atoms with Crippen LogP contribution in [0.3, 0.4) is 0 Å². The number of amides is 2. The van der Waals surface area contributed by atoms with Crippen LogP contribution in [0.2, 0.25) is 0 Å². The SMILES string of the molecule is CCN(CCN(C)C(=O)OC(C)(C)C)Cc1ccc(C(N)=O)c(C(F)(F)F)c1. The number of hydrogen-bond acceptors (Lipinski definition) is 4. The molecule has 2 amide bonds. The molecule has 0 atom stereocenters. The number of ether oxygens (including phenoxy) is 1. The van der Waals surface area contributed by atoms with Gasteiger partial charge in [0, 0.05) is 26.7 Å². The van der Waals surface area contributed by atoms with Crippen molar-refractivity contribution in [3.8, 4) is 0 Å². The van der Waals surface area contributed by atoms with Gasteiger partial charge in [-0.2, -0.15) is 13.2 Å². The molecule has 0 aromatic heterocycles. The molecule has 0 bridgehead atoms. The van der Waals surface area contributed by atoms with Crippen LogP contribution in [0, 0.1) is 0 Å². The molecule has 9 heteroatoms. The van der Waals surface area contributed by atoms with E-state index in [4.69, 9.17) is 10.5 Å². The summed E-state index contributed by atoms with van der Waals surface area (Å²) >= 11 is 0. The fourth-order valence-corrected chi connectivity index (χ4v) is 2.47. The molecule has 0 unspecified atom stereocenters. The van der Waals surface area contributed by atoms with Crippen molar-refractivity contribution >= 4 is 12.0 Å². The quantitative estimate of drug-likeness (QED) is 0.756. The van der Waals surface area contributed by atoms with Gasteiger partial charge >= 0.3 is 12.3 Å². The molecule has 0 aliphatic rings. The Hall–Kier alpha value is -2.29. The zero-order chi connectivity index (χ0) is 21.7. The number of carbonyl (C=O) groups excluding carboxylic acids is 2. The molecule has 158 valence electrons. The standard InChI is InChI=1S/C19H28F3N3O3/c1-6-25(10-9-24(5)17(27)28-18(2,3)4)12-13-7-8-14(16(23)26)15(11-13)19(20,21)22/h7-8,11H,6,9-10,12H2,1-5H3,(H2,23,26). The van der Waals surface area contributed by atoms with Crippen LogP contribution in [0.5, 0.6) is 0 Å². The molecule has 0 spiro atoms. The van der Waals surface area contributed by atoms with Crippen LogP contribution in [0.15, 0.2) is 18.2 Å². The van der Waals surface area contributed by atoms with E-state index in [1.807, 2.05) is 11.8 Å². The van der Waals surface area contributed by atoms with Crippen molar-refractivity contribution in [1.82, 2.24) is 9.80 Å². The molecule has 1 rings (SSSR count). The number of halogens is 3. The molecule has 0 fully saturated rings. The first-order chi connectivity index (χ1) is 12.7. The summed E-state index contributed by atoms with van der Waals surface area (Å²) in [5, 5.41) is 0. The maximum atomic E-state index is 13.2. The highest BCUT2D eigenvalue weighted by Gasteiger charge is 2.35. The summed E-state index contributed by atoms with van der Waals surface area (Å²) < 4.78 is 44.9. The third-order valence-corrected chi connectivity index (χ3v) is 3.97. The minimum Gasteiger partial charge on any atom is -0.444 e. The Balaban J connectivity index is 2.82. The lowest BCUT2D eigenvalue weighted by Crippen LogP contribution is -2.39. The monoisotopic (exact) mass is 403 g/mol. The first kappa shape index (κ1) is 23.7. The second-order valence-corrected chi connectivity index (χ2v) is 7.51. The maximum absolute atomic E-state index is 13.2. The topological polar surface area (TPSA) is 75.9 Å². The molecular weight excluding hydrogens is 375 g/mol. The van der Waals surface area contributed by atoms with Gasteiger partial charge in [-0.3, -0.25) is 9.69 Å². The van der Waals surface area contributed by atoms with Gasteiger partial charge in [0.25, 0.3) is 0 Å². The molecular formula is C19H28F3N3O3. The smallest absolute Gasteiger partial charge is 0.417 e. The maximum Gasteiger partial charge on any atom is 0.417 e. The van der Waals surface area contributed by atoms with Gasteiger partial charge in [0.05, 0.1) is 11.1 Å². The van der Waals surface area contributed by atoms with Gasteiger partial charge in [0.1, 0.15) is 5.60 Å². The summed E-state index contributed by atoms with van der Waals surface area (Å²) in [5.41, 5.74) is 3.25. The number of primary amides is 1. The van der Waals surface area contributed by atoms with E-state index in [9.17, 15) is 22.8 Å². The summed E-state index contributed by atoms with van der Waals surface area (Å²) in [6.45, 7) is 8.79. The van der Waals surface area contributed by atoms with E-state index in [1.165, 1.54) is 11.0 Å². The first-order valence-electron chi connectivity index (χ1n) is 8.91. The molecule has 0 aliphatic heterocycles. The van der Waals surface area contributed by atoms with E-state index in [2.05, 4.69) is 0 Å². The molecule has 0 saturated heterocycles. The molecule has 28 heavy (non-hydrogen) atoms. The predicted octanol–water partition coefficient (Wildman–Crippen LogP) is 3.49. The fraction of sp³-hybridized carbons (Fsp3) is 0.579. The number of alkyl halides is 3. The highest BCUT2D eigenvalue weighted by Crippen LogP contribution is 2.32. The third-order valence-electron chi connectivity index (χ3n) is 3.97. The van der Waals surface area contributed by atoms with Crippen LogP contribution in [-0.4, -0.2) is 54.1 Å². The van der Waals surface area contributed by atoms with Gasteiger partial charge in [-0.15, -0.1) is 0 Å². The fourth-order valence-electron chi connectivity index (χ4n) is 2.47. The normalized spacial score (nSPS) is 12.2. The molecule has 1 aromatic carbocycles. The van der Waals surface area contributed by atoms with Crippen molar-refractivity contribution in [3.05, 3.63) is 34.9 Å². The van der Waals surface area contributed by atoms with Gasteiger partial charge in [-0.25, -0.2) is 4.79 Å². The van der Waals surface area contributed by atoms with E-state index in [-0.39, 0.29) is 6.54 Å². The number of likely N-dealkylation sites (N-methyl/N-ethyl adjacent to an activating group) is 2. The Labute approximate surface area is 163 Å². The Bertz CT molecular complexity index is 700. The average molecular weight is 403 g/mol. The van der Waals surface area contributed by atoms with Crippen LogP contribution in [-0.2, 0) is 17.5 Å². The Morgan fingerprint density at radius 1 is 1.14 bits per heavy atom. The van der Waals surface area contributed by atoms with Gasteiger partial charge in [0.2, 0.25) is 5.91 Å². The van der Waals surface area contributed by atoms with Gasteiger partial charge in [-0.05, 0) is 45.0 Å². The van der Waals surface area contributed by atoms with Crippen LogP contribution < -0.4 is 5.73 Å². The highest BCUT2D eigenvalue weighted by molar-refractivity contribution is 5.94. The van der Waals surface area contributed by atoms with Crippen molar-refractivity contribution in [1.29, 1.82) is 0 Å². The van der Waals surface area contributed by atoms with Crippen LogP contribution in [0.4, 0.5) is 18.0 Å². The third kappa shape index (κ3) is 7.38. The molecule has 2 N–H and O–H groups in total. The van der Waals surface area contributed by atoms with Gasteiger partial charge < -0.3 is 15.4 Å². The lowest BCUT2D eigenvalue weighted by atomic mass is 10.0. The molecule has 6 nitrogen and oxygen atoms in total. The minimum absolute atomic E-state index is 0.237. The number of rotatable bonds is 7. The second kappa shape index (κ2) is 9.27. The zero-order valence-corrected chi connectivity index (χ0v) is 16.9. The van der Waals surface area contributed by atoms with Crippen molar-refractivity contribution in [2.45, 2.75) is 46.0 Å². The number of carbonyl (C=O) groups is 2. The molecule has 0 heterocycles. The largest absolute Gasteiger partial charge is 0.444 e. The van der Waals surface area contributed by atoms with Crippen LogP contribution in [0.25, 0.3) is 0 Å². The number of nitrogens with two attached hydrogens (primary N) is 1. The highest BCUT2D eigenvalue weighted by atomic mass is 19.4. The number of hydrogen-bond donors (Lipinski definition) is 1. The van der Waals surface area contributed by atoms with Crippen LogP contribution in [0.1, 0.15) is 49.2 Å². The first-order valence-corrected chi connectivity index (χ1v) is 8.91. The molecule has 0 radical (unpaired) electrons. The van der Waals surface area contributed by atoms with Gasteiger partial charge in [0.15, 0.2) is 0 Å². The Morgan fingerprint density at radius 2 is 1.75 bits per heavy atom. The second-order valence-electron chi connectivity index (χ2n) is 7.51. The predicted molar refractivity (Wildman–Crippen MR) is 99.8 cm³/mol. The van der Waals surface area contributed by atoms with E-state index >= 15 is 0 Å². The average Bonchev–Trinajstić information content (AvgIpc) is 2.55. The zero-order valence-electron chi connectivity index (χ0n) is 16.9. The van der Waals surface area contributed by atoms with Crippen molar-refractivity contribution in [2.75, 3.05) is 26.7 Å². The lowest BCUT2D eigenvalue weighted by molar-refractivity contribution is -0.138.